The highest BCUT2D eigenvalue weighted by Crippen LogP contribution is 2.51. The molecule has 0 aromatic heterocycles. The van der Waals surface area contributed by atoms with Crippen molar-refractivity contribution in [2.24, 2.45) is 0 Å². The number of hydrogen-bond donors (Lipinski definition) is 0. The summed E-state index contributed by atoms with van der Waals surface area (Å²) in [5.74, 6) is 0.785. The third-order valence-electron chi connectivity index (χ3n) is 4.67. The Kier molecular flexibility index (Phi) is 4.04. The predicted octanol–water partition coefficient (Wildman–Crippen LogP) is 5.41. The van der Waals surface area contributed by atoms with E-state index >= 15 is 0 Å². The zero-order valence-electron chi connectivity index (χ0n) is 13.9. The van der Waals surface area contributed by atoms with Gasteiger partial charge in [-0.1, -0.05) is 48.2 Å². The maximum atomic E-state index is 2.46. The quantitative estimate of drug-likeness (QED) is 0.632. The molecule has 4 rings (SSSR count). The molecule has 0 radical (unpaired) electrons. The summed E-state index contributed by atoms with van der Waals surface area (Å²) in [5.41, 5.74) is 5.95. The Morgan fingerprint density at radius 3 is 2.61 bits per heavy atom. The summed E-state index contributed by atoms with van der Waals surface area (Å²) < 4.78 is 0. The van der Waals surface area contributed by atoms with E-state index < -0.39 is 0 Å². The van der Waals surface area contributed by atoms with Gasteiger partial charge in [0.05, 0.1) is 0 Å². The van der Waals surface area contributed by atoms with E-state index in [1.54, 1.807) is 5.56 Å². The Morgan fingerprint density at radius 1 is 1.04 bits per heavy atom. The van der Waals surface area contributed by atoms with Crippen LogP contribution in [-0.2, 0) is 0 Å². The van der Waals surface area contributed by atoms with Gasteiger partial charge in [0.15, 0.2) is 0 Å². The summed E-state index contributed by atoms with van der Waals surface area (Å²) in [4.78, 5) is 5.09. The maximum Gasteiger partial charge on any atom is 0.0204 e. The van der Waals surface area contributed by atoms with Crippen molar-refractivity contribution < 1.29 is 0 Å². The largest absolute Gasteiger partial charge is 0.309 e. The Morgan fingerprint density at radius 2 is 1.83 bits per heavy atom. The first-order valence-corrected chi connectivity index (χ1v) is 9.31. The number of hydrogen-bond acceptors (Lipinski definition) is 2. The molecule has 2 aliphatic rings. The molecule has 1 heterocycles. The van der Waals surface area contributed by atoms with Crippen molar-refractivity contribution in [1.29, 1.82) is 0 Å². The minimum absolute atomic E-state index is 0.785. The lowest BCUT2D eigenvalue weighted by atomic mass is 9.90. The summed E-state index contributed by atoms with van der Waals surface area (Å²) in [6.07, 6.45) is 6.27. The van der Waals surface area contributed by atoms with Gasteiger partial charge in [-0.2, -0.15) is 0 Å². The first-order valence-electron chi connectivity index (χ1n) is 8.49. The van der Waals surface area contributed by atoms with Crippen LogP contribution in [0.5, 0.6) is 0 Å². The van der Waals surface area contributed by atoms with E-state index in [1.165, 1.54) is 39.3 Å². The smallest absolute Gasteiger partial charge is 0.0204 e. The second-order valence-electron chi connectivity index (χ2n) is 6.80. The first-order chi connectivity index (χ1) is 11.2. The van der Waals surface area contributed by atoms with Crippen LogP contribution in [0.1, 0.15) is 41.9 Å². The van der Waals surface area contributed by atoms with Crippen molar-refractivity contribution in [1.82, 2.24) is 4.90 Å². The average molecular weight is 321 g/mol. The third kappa shape index (κ3) is 2.98. The summed E-state index contributed by atoms with van der Waals surface area (Å²) >= 11 is 1.93. The third-order valence-corrected chi connectivity index (χ3v) is 5.80. The van der Waals surface area contributed by atoms with Crippen LogP contribution in [0.2, 0.25) is 0 Å². The molecule has 0 saturated heterocycles. The molecule has 1 aliphatic carbocycles. The van der Waals surface area contributed by atoms with Crippen molar-refractivity contribution in [3.05, 3.63) is 65.2 Å². The summed E-state index contributed by atoms with van der Waals surface area (Å²) in [6, 6.07) is 15.8. The van der Waals surface area contributed by atoms with Gasteiger partial charge in [0.1, 0.15) is 0 Å². The Labute approximate surface area is 143 Å². The molecule has 0 spiro atoms. The fourth-order valence-electron chi connectivity index (χ4n) is 3.37. The lowest BCUT2D eigenvalue weighted by molar-refractivity contribution is 0.417. The molecule has 1 aliphatic heterocycles. The van der Waals surface area contributed by atoms with Crippen LogP contribution < -0.4 is 0 Å². The SMILES string of the molecule is CN(C)CCC=C1c2ccccc2Sc2cccc(C3CC3)c21. The van der Waals surface area contributed by atoms with E-state index in [2.05, 4.69) is 67.5 Å². The molecule has 0 amide bonds. The van der Waals surface area contributed by atoms with E-state index in [4.69, 9.17) is 0 Å². The van der Waals surface area contributed by atoms with Crippen molar-refractivity contribution in [3.8, 4) is 0 Å². The van der Waals surface area contributed by atoms with Gasteiger partial charge in [0.2, 0.25) is 0 Å². The van der Waals surface area contributed by atoms with E-state index in [0.29, 0.717) is 0 Å². The van der Waals surface area contributed by atoms with Gasteiger partial charge in [-0.05, 0) is 73.7 Å². The van der Waals surface area contributed by atoms with Gasteiger partial charge in [-0.3, -0.25) is 0 Å². The van der Waals surface area contributed by atoms with Gasteiger partial charge in [0, 0.05) is 16.3 Å². The Balaban J connectivity index is 1.83. The van der Waals surface area contributed by atoms with Gasteiger partial charge in [0.25, 0.3) is 0 Å². The van der Waals surface area contributed by atoms with Crippen LogP contribution >= 0.6 is 11.8 Å². The Hall–Kier alpha value is -1.51. The van der Waals surface area contributed by atoms with E-state index in [9.17, 15) is 0 Å². The molecule has 2 aromatic rings. The minimum atomic E-state index is 0.785. The van der Waals surface area contributed by atoms with Gasteiger partial charge in [-0.15, -0.1) is 0 Å². The second-order valence-corrected chi connectivity index (χ2v) is 7.89. The highest BCUT2D eigenvalue weighted by atomic mass is 32.2. The molecule has 0 unspecified atom stereocenters. The van der Waals surface area contributed by atoms with Crippen LogP contribution in [0, 0.1) is 0 Å². The molecular formula is C21H23NS. The van der Waals surface area contributed by atoms with Crippen molar-refractivity contribution in [2.75, 3.05) is 20.6 Å². The monoisotopic (exact) mass is 321 g/mol. The average Bonchev–Trinajstić information content (AvgIpc) is 3.38. The fourth-order valence-corrected chi connectivity index (χ4v) is 4.51. The number of fused-ring (bicyclic) bond motifs is 2. The van der Waals surface area contributed by atoms with Crippen LogP contribution in [0.25, 0.3) is 5.57 Å². The van der Waals surface area contributed by atoms with E-state index in [0.717, 1.165) is 18.9 Å². The molecule has 2 aromatic carbocycles. The molecule has 0 bridgehead atoms. The highest BCUT2D eigenvalue weighted by Gasteiger charge is 2.31. The molecule has 1 saturated carbocycles. The number of benzene rings is 2. The normalized spacial score (nSPS) is 18.1. The maximum absolute atomic E-state index is 2.46. The topological polar surface area (TPSA) is 3.24 Å². The lowest BCUT2D eigenvalue weighted by Crippen LogP contribution is -2.12. The van der Waals surface area contributed by atoms with Crippen molar-refractivity contribution >= 4 is 17.3 Å². The van der Waals surface area contributed by atoms with Crippen LogP contribution in [0.15, 0.2) is 58.3 Å². The molecule has 118 valence electrons. The van der Waals surface area contributed by atoms with Crippen LogP contribution in [0.4, 0.5) is 0 Å². The molecule has 0 N–H and O–H groups in total. The van der Waals surface area contributed by atoms with Gasteiger partial charge in [-0.25, -0.2) is 0 Å². The zero-order valence-corrected chi connectivity index (χ0v) is 14.7. The molecule has 23 heavy (non-hydrogen) atoms. The summed E-state index contributed by atoms with van der Waals surface area (Å²) in [5, 5.41) is 0. The zero-order chi connectivity index (χ0) is 15.8. The van der Waals surface area contributed by atoms with Gasteiger partial charge >= 0.3 is 0 Å². The highest BCUT2D eigenvalue weighted by molar-refractivity contribution is 7.99. The molecule has 0 atom stereocenters. The first kappa shape index (κ1) is 15.0. The fraction of sp³-hybridized carbons (Fsp3) is 0.333. The number of nitrogens with zero attached hydrogens (tertiary/aromatic N) is 1. The summed E-state index contributed by atoms with van der Waals surface area (Å²) in [6.45, 7) is 1.10. The standard InChI is InChI=1S/C21H23NS/c1-22(2)14-6-9-18-17-7-3-4-10-19(17)23-20-11-5-8-16(21(18)20)15-12-13-15/h3-5,7-11,15H,6,12-14H2,1-2H3. The minimum Gasteiger partial charge on any atom is -0.309 e. The summed E-state index contributed by atoms with van der Waals surface area (Å²) in [7, 11) is 4.29. The van der Waals surface area contributed by atoms with Gasteiger partial charge < -0.3 is 4.90 Å². The lowest BCUT2D eigenvalue weighted by Gasteiger charge is -2.25. The number of rotatable bonds is 4. The van der Waals surface area contributed by atoms with E-state index in [1.807, 2.05) is 11.8 Å². The van der Waals surface area contributed by atoms with Crippen LogP contribution in [0.3, 0.4) is 0 Å². The van der Waals surface area contributed by atoms with Crippen molar-refractivity contribution in [2.45, 2.75) is 35.0 Å². The predicted molar refractivity (Wildman–Crippen MR) is 99.2 cm³/mol. The molecule has 1 fully saturated rings. The molecular weight excluding hydrogens is 298 g/mol. The van der Waals surface area contributed by atoms with E-state index in [-0.39, 0.29) is 0 Å². The van der Waals surface area contributed by atoms with Crippen molar-refractivity contribution in [3.63, 3.8) is 0 Å². The molecule has 2 heteroatoms. The molecule has 1 nitrogen and oxygen atoms in total. The Bertz CT molecular complexity index is 756. The van der Waals surface area contributed by atoms with Crippen LogP contribution in [-0.4, -0.2) is 25.5 Å². The second kappa shape index (κ2) is 6.18.